The van der Waals surface area contributed by atoms with Crippen LogP contribution >= 0.6 is 11.3 Å². The molecule has 0 aliphatic rings. The number of thiazole rings is 1. The fourth-order valence-corrected chi connectivity index (χ4v) is 1.09. The first-order valence-electron chi connectivity index (χ1n) is 2.36. The molecule has 0 aliphatic heterocycles. The van der Waals surface area contributed by atoms with Crippen molar-refractivity contribution in [2.45, 2.75) is 0 Å². The van der Waals surface area contributed by atoms with Crippen LogP contribution in [0.25, 0.3) is 0 Å². The van der Waals surface area contributed by atoms with E-state index in [0.717, 1.165) is 11.3 Å². The first-order chi connectivity index (χ1) is 4.61. The van der Waals surface area contributed by atoms with E-state index in [1.54, 1.807) is 0 Å². The molecular weight excluding hydrogens is 154 g/mol. The Morgan fingerprint density at radius 1 is 1.60 bits per heavy atom. The molecule has 1 aromatic rings. The molecule has 0 aliphatic carbocycles. The summed E-state index contributed by atoms with van der Waals surface area (Å²) in [5.41, 5.74) is 10.3. The molecule has 0 aromatic carbocycles. The average molecular weight is 159 g/mol. The molecule has 0 unspecified atom stereocenters. The lowest BCUT2D eigenvalue weighted by Crippen LogP contribution is -2.00. The number of nitrogens with two attached hydrogens (primary N) is 2. The topological polar surface area (TPSA) is 102 Å². The maximum atomic E-state index is 10.2. The van der Waals surface area contributed by atoms with Gasteiger partial charge in [-0.25, -0.2) is 9.78 Å². The van der Waals surface area contributed by atoms with Crippen molar-refractivity contribution in [3.05, 3.63) is 5.69 Å². The highest BCUT2D eigenvalue weighted by atomic mass is 32.1. The van der Waals surface area contributed by atoms with Gasteiger partial charge in [-0.05, 0) is 0 Å². The Bertz CT molecular complexity index is 269. The predicted octanol–water partition coefficient (Wildman–Crippen LogP) is 0.00570. The summed E-state index contributed by atoms with van der Waals surface area (Å²) >= 11 is 0.961. The summed E-state index contributed by atoms with van der Waals surface area (Å²) in [5.74, 6) is -1.15. The second-order valence-electron chi connectivity index (χ2n) is 1.57. The average Bonchev–Trinajstić information content (AvgIpc) is 2.10. The van der Waals surface area contributed by atoms with Gasteiger partial charge in [0.05, 0.1) is 0 Å². The second-order valence-corrected chi connectivity index (χ2v) is 2.63. The lowest BCUT2D eigenvalue weighted by atomic mass is 10.5. The van der Waals surface area contributed by atoms with Crippen LogP contribution in [0.1, 0.15) is 10.5 Å². The lowest BCUT2D eigenvalue weighted by Gasteiger charge is -1.84. The Morgan fingerprint density at radius 3 is 2.40 bits per heavy atom. The van der Waals surface area contributed by atoms with Crippen LogP contribution in [0.4, 0.5) is 10.1 Å². The molecule has 0 atom stereocenters. The van der Waals surface area contributed by atoms with Gasteiger partial charge in [0.2, 0.25) is 0 Å². The van der Waals surface area contributed by atoms with E-state index in [9.17, 15) is 4.79 Å². The molecule has 1 rings (SSSR count). The lowest BCUT2D eigenvalue weighted by molar-refractivity contribution is 0.0692. The molecule has 0 bridgehead atoms. The molecule has 10 heavy (non-hydrogen) atoms. The summed E-state index contributed by atoms with van der Waals surface area (Å²) in [7, 11) is 0. The summed E-state index contributed by atoms with van der Waals surface area (Å²) in [6.07, 6.45) is 0. The Labute approximate surface area is 60.3 Å². The van der Waals surface area contributed by atoms with Gasteiger partial charge in [-0.15, -0.1) is 0 Å². The standard InChI is InChI=1S/C4H5N3O2S/c5-2-1(3(8)9)7-4(6)10-2/h5H2,(H2,6,7)(H,8,9). The number of anilines is 2. The monoisotopic (exact) mass is 159 g/mol. The zero-order valence-corrected chi connectivity index (χ0v) is 5.68. The maximum Gasteiger partial charge on any atom is 0.357 e. The highest BCUT2D eigenvalue weighted by Crippen LogP contribution is 2.21. The number of rotatable bonds is 1. The van der Waals surface area contributed by atoms with Crippen LogP contribution < -0.4 is 11.5 Å². The van der Waals surface area contributed by atoms with E-state index in [1.165, 1.54) is 0 Å². The molecule has 54 valence electrons. The van der Waals surface area contributed by atoms with Crippen LogP contribution in [0, 0.1) is 0 Å². The number of aromatic nitrogens is 1. The number of nitrogen functional groups attached to an aromatic ring is 2. The minimum Gasteiger partial charge on any atom is -0.476 e. The molecule has 0 saturated carbocycles. The van der Waals surface area contributed by atoms with Crippen LogP contribution in [0.3, 0.4) is 0 Å². The van der Waals surface area contributed by atoms with Crippen LogP contribution in [-0.4, -0.2) is 16.1 Å². The van der Waals surface area contributed by atoms with E-state index >= 15 is 0 Å². The van der Waals surface area contributed by atoms with E-state index in [0.29, 0.717) is 0 Å². The van der Waals surface area contributed by atoms with E-state index in [4.69, 9.17) is 16.6 Å². The third-order valence-electron chi connectivity index (χ3n) is 0.872. The van der Waals surface area contributed by atoms with Gasteiger partial charge in [-0.3, -0.25) is 0 Å². The zero-order chi connectivity index (χ0) is 7.72. The molecule has 1 aromatic heterocycles. The van der Waals surface area contributed by atoms with Gasteiger partial charge in [-0.2, -0.15) is 0 Å². The molecule has 0 saturated heterocycles. The van der Waals surface area contributed by atoms with Gasteiger partial charge >= 0.3 is 5.97 Å². The van der Waals surface area contributed by atoms with Gasteiger partial charge in [-0.1, -0.05) is 11.3 Å². The second kappa shape index (κ2) is 2.14. The number of aromatic carboxylic acids is 1. The predicted molar refractivity (Wildman–Crippen MR) is 37.9 cm³/mol. The third kappa shape index (κ3) is 1.01. The minimum absolute atomic E-state index is 0.144. The molecule has 0 amide bonds. The van der Waals surface area contributed by atoms with Crippen LogP contribution in [-0.2, 0) is 0 Å². The Kier molecular flexibility index (Phi) is 1.46. The largest absolute Gasteiger partial charge is 0.476 e. The summed E-state index contributed by atoms with van der Waals surface area (Å²) in [6.45, 7) is 0. The highest BCUT2D eigenvalue weighted by Gasteiger charge is 2.12. The highest BCUT2D eigenvalue weighted by molar-refractivity contribution is 7.19. The number of carboxylic acid groups (broad SMARTS) is 1. The normalized spacial score (nSPS) is 9.60. The first kappa shape index (κ1) is 6.81. The van der Waals surface area contributed by atoms with Gasteiger partial charge in [0.1, 0.15) is 5.00 Å². The Balaban J connectivity index is 3.15. The van der Waals surface area contributed by atoms with Crippen LogP contribution in [0.2, 0.25) is 0 Å². The van der Waals surface area contributed by atoms with Gasteiger partial charge < -0.3 is 16.6 Å². The van der Waals surface area contributed by atoms with E-state index < -0.39 is 5.97 Å². The molecule has 0 spiro atoms. The fourth-order valence-electron chi connectivity index (χ4n) is 0.502. The van der Waals surface area contributed by atoms with Crippen molar-refractivity contribution < 1.29 is 9.90 Å². The zero-order valence-electron chi connectivity index (χ0n) is 4.87. The van der Waals surface area contributed by atoms with E-state index in [-0.39, 0.29) is 15.8 Å². The molecule has 0 fully saturated rings. The van der Waals surface area contributed by atoms with E-state index in [1.807, 2.05) is 0 Å². The Morgan fingerprint density at radius 2 is 2.20 bits per heavy atom. The van der Waals surface area contributed by atoms with Crippen molar-refractivity contribution in [3.8, 4) is 0 Å². The SMILES string of the molecule is Nc1nc(C(=O)O)c(N)s1. The molecule has 5 N–H and O–H groups in total. The van der Waals surface area contributed by atoms with Crippen LogP contribution in [0.15, 0.2) is 0 Å². The number of carbonyl (C=O) groups is 1. The van der Waals surface area contributed by atoms with E-state index in [2.05, 4.69) is 4.98 Å². The van der Waals surface area contributed by atoms with Gasteiger partial charge in [0, 0.05) is 0 Å². The number of nitrogens with zero attached hydrogens (tertiary/aromatic N) is 1. The van der Waals surface area contributed by atoms with Crippen LogP contribution in [0.5, 0.6) is 0 Å². The van der Waals surface area contributed by atoms with Crippen molar-refractivity contribution in [1.29, 1.82) is 0 Å². The molecule has 1 heterocycles. The first-order valence-corrected chi connectivity index (χ1v) is 3.18. The van der Waals surface area contributed by atoms with Crippen molar-refractivity contribution in [2.24, 2.45) is 0 Å². The van der Waals surface area contributed by atoms with Crippen molar-refractivity contribution in [3.63, 3.8) is 0 Å². The maximum absolute atomic E-state index is 10.2. The summed E-state index contributed by atoms with van der Waals surface area (Å²) in [4.78, 5) is 13.7. The van der Waals surface area contributed by atoms with Crippen molar-refractivity contribution >= 4 is 27.4 Å². The van der Waals surface area contributed by atoms with Gasteiger partial charge in [0.15, 0.2) is 10.8 Å². The third-order valence-corrected chi connectivity index (χ3v) is 1.59. The summed E-state index contributed by atoms with van der Waals surface area (Å²) in [5, 5.41) is 8.71. The number of hydrogen-bond acceptors (Lipinski definition) is 5. The van der Waals surface area contributed by atoms with Crippen molar-refractivity contribution in [2.75, 3.05) is 11.5 Å². The van der Waals surface area contributed by atoms with Crippen molar-refractivity contribution in [1.82, 2.24) is 4.98 Å². The minimum atomic E-state index is -1.15. The molecule has 0 radical (unpaired) electrons. The molecule has 6 heteroatoms. The summed E-state index contributed by atoms with van der Waals surface area (Å²) in [6, 6.07) is 0. The smallest absolute Gasteiger partial charge is 0.357 e. The van der Waals surface area contributed by atoms with Gasteiger partial charge in [0.25, 0.3) is 0 Å². The fraction of sp³-hybridized carbons (Fsp3) is 0. The summed E-state index contributed by atoms with van der Waals surface area (Å²) < 4.78 is 0. The number of hydrogen-bond donors (Lipinski definition) is 3. The quantitative estimate of drug-likeness (QED) is 0.535. The Hall–Kier alpha value is -1.30. The number of carboxylic acids is 1. The molecular formula is C4H5N3O2S. The molecule has 5 nitrogen and oxygen atoms in total.